The quantitative estimate of drug-likeness (QED) is 0.613. The van der Waals surface area contributed by atoms with Crippen LogP contribution in [0.3, 0.4) is 0 Å². The van der Waals surface area contributed by atoms with Gasteiger partial charge in [-0.1, -0.05) is 48.5 Å². The number of hydrogen-bond acceptors (Lipinski definition) is 2. The van der Waals surface area contributed by atoms with Gasteiger partial charge in [0.05, 0.1) is 5.69 Å². The van der Waals surface area contributed by atoms with Crippen LogP contribution < -0.4 is 4.90 Å². The molecule has 1 saturated heterocycles. The van der Waals surface area contributed by atoms with Crippen molar-refractivity contribution in [2.24, 2.45) is 0 Å². The predicted molar refractivity (Wildman–Crippen MR) is 108 cm³/mol. The highest BCUT2D eigenvalue weighted by atomic mass is 15.1. The van der Waals surface area contributed by atoms with E-state index in [1.165, 1.54) is 41.3 Å². The number of piperidine rings is 1. The van der Waals surface area contributed by atoms with Crippen molar-refractivity contribution in [3.8, 4) is 0 Å². The topological polar surface area (TPSA) is 16.1 Å². The second kappa shape index (κ2) is 7.10. The second-order valence-corrected chi connectivity index (χ2v) is 6.84. The number of pyridine rings is 1. The van der Waals surface area contributed by atoms with Crippen molar-refractivity contribution in [3.05, 3.63) is 71.5 Å². The molecule has 1 aliphatic heterocycles. The molecule has 1 fully saturated rings. The lowest BCUT2D eigenvalue weighted by atomic mass is 10.0. The maximum Gasteiger partial charge on any atom is 0.0653 e. The first-order chi connectivity index (χ1) is 12.3. The van der Waals surface area contributed by atoms with Crippen molar-refractivity contribution in [1.82, 2.24) is 4.98 Å². The van der Waals surface area contributed by atoms with E-state index < -0.39 is 0 Å². The molecular formula is C23H24N2. The summed E-state index contributed by atoms with van der Waals surface area (Å²) in [7, 11) is 0. The average molecular weight is 328 g/mol. The maximum absolute atomic E-state index is 4.71. The zero-order chi connectivity index (χ0) is 17.1. The molecule has 1 aliphatic rings. The summed E-state index contributed by atoms with van der Waals surface area (Å²) in [6.07, 6.45) is 8.27. The summed E-state index contributed by atoms with van der Waals surface area (Å²) in [4.78, 5) is 7.20. The molecular weight excluding hydrogens is 304 g/mol. The molecule has 0 N–H and O–H groups in total. The van der Waals surface area contributed by atoms with Gasteiger partial charge in [0.15, 0.2) is 0 Å². The molecule has 126 valence electrons. The van der Waals surface area contributed by atoms with Crippen LogP contribution in [-0.2, 0) is 0 Å². The van der Waals surface area contributed by atoms with E-state index in [2.05, 4.69) is 78.6 Å². The Labute approximate surface area is 149 Å². The van der Waals surface area contributed by atoms with Gasteiger partial charge in [-0.15, -0.1) is 0 Å². The molecule has 0 unspecified atom stereocenters. The molecule has 0 atom stereocenters. The largest absolute Gasteiger partial charge is 0.371 e. The van der Waals surface area contributed by atoms with Crippen LogP contribution in [0.5, 0.6) is 0 Å². The van der Waals surface area contributed by atoms with Crippen LogP contribution in [0.2, 0.25) is 0 Å². The second-order valence-electron chi connectivity index (χ2n) is 6.84. The van der Waals surface area contributed by atoms with Crippen LogP contribution in [0.15, 0.2) is 54.6 Å². The van der Waals surface area contributed by atoms with Gasteiger partial charge in [-0.25, -0.2) is 0 Å². The fourth-order valence-corrected chi connectivity index (χ4v) is 3.67. The number of aryl methyl sites for hydroxylation is 1. The lowest BCUT2D eigenvalue weighted by Crippen LogP contribution is -2.29. The minimum atomic E-state index is 1.04. The van der Waals surface area contributed by atoms with Crippen LogP contribution in [0, 0.1) is 6.92 Å². The highest BCUT2D eigenvalue weighted by Crippen LogP contribution is 2.24. The molecule has 0 amide bonds. The number of nitrogens with zero attached hydrogens (tertiary/aromatic N) is 2. The highest BCUT2D eigenvalue weighted by Gasteiger charge is 2.11. The molecule has 0 spiro atoms. The summed E-state index contributed by atoms with van der Waals surface area (Å²) >= 11 is 0. The molecule has 2 nitrogen and oxygen atoms in total. The van der Waals surface area contributed by atoms with Crippen LogP contribution in [0.4, 0.5) is 5.69 Å². The Balaban J connectivity index is 1.65. The average Bonchev–Trinajstić information content (AvgIpc) is 2.66. The lowest BCUT2D eigenvalue weighted by molar-refractivity contribution is 0.577. The maximum atomic E-state index is 4.71. The normalized spacial score (nSPS) is 15.2. The van der Waals surface area contributed by atoms with Crippen LogP contribution >= 0.6 is 0 Å². The molecule has 0 saturated carbocycles. The van der Waals surface area contributed by atoms with E-state index >= 15 is 0 Å². The monoisotopic (exact) mass is 328 g/mol. The standard InChI is InChI=1S/C23H24N2/c1-18-16-22(25-14-5-2-6-15-25)17-21(24-18)13-12-20-10-7-9-19-8-3-4-11-23(19)20/h3-4,7-13,16-17H,2,5-6,14-15H2,1H3. The summed E-state index contributed by atoms with van der Waals surface area (Å²) in [5.74, 6) is 0. The molecule has 1 aromatic heterocycles. The van der Waals surface area contributed by atoms with E-state index in [0.717, 1.165) is 24.5 Å². The molecule has 0 radical (unpaired) electrons. The van der Waals surface area contributed by atoms with Crippen molar-refractivity contribution in [3.63, 3.8) is 0 Å². The highest BCUT2D eigenvalue weighted by molar-refractivity contribution is 5.92. The Morgan fingerprint density at radius 1 is 0.880 bits per heavy atom. The summed E-state index contributed by atoms with van der Waals surface area (Å²) in [6, 6.07) is 19.4. The summed E-state index contributed by atoms with van der Waals surface area (Å²) in [6.45, 7) is 4.41. The van der Waals surface area contributed by atoms with Gasteiger partial charge < -0.3 is 4.90 Å². The van der Waals surface area contributed by atoms with Crippen LogP contribution in [0.25, 0.3) is 22.9 Å². The molecule has 2 heteroatoms. The lowest BCUT2D eigenvalue weighted by Gasteiger charge is -2.29. The molecule has 3 aromatic rings. The fraction of sp³-hybridized carbons (Fsp3) is 0.261. The Morgan fingerprint density at radius 3 is 2.56 bits per heavy atom. The molecule has 25 heavy (non-hydrogen) atoms. The van der Waals surface area contributed by atoms with E-state index in [1.54, 1.807) is 0 Å². The van der Waals surface area contributed by atoms with Crippen LogP contribution in [-0.4, -0.2) is 18.1 Å². The first kappa shape index (κ1) is 15.9. The van der Waals surface area contributed by atoms with Gasteiger partial charge in [-0.3, -0.25) is 4.98 Å². The third-order valence-electron chi connectivity index (χ3n) is 4.94. The summed E-state index contributed by atoms with van der Waals surface area (Å²) in [5.41, 5.74) is 4.67. The minimum absolute atomic E-state index is 1.04. The van der Waals surface area contributed by atoms with Gasteiger partial charge in [0, 0.05) is 24.5 Å². The number of rotatable bonds is 3. The first-order valence-electron chi connectivity index (χ1n) is 9.19. The number of benzene rings is 2. The van der Waals surface area contributed by atoms with Crippen molar-refractivity contribution in [2.45, 2.75) is 26.2 Å². The Kier molecular flexibility index (Phi) is 4.51. The number of anilines is 1. The van der Waals surface area contributed by atoms with Crippen molar-refractivity contribution < 1.29 is 0 Å². The van der Waals surface area contributed by atoms with Crippen molar-refractivity contribution >= 4 is 28.6 Å². The van der Waals surface area contributed by atoms with Crippen molar-refractivity contribution in [2.75, 3.05) is 18.0 Å². The Bertz CT molecular complexity index is 900. The van der Waals surface area contributed by atoms with E-state index in [-0.39, 0.29) is 0 Å². The van der Waals surface area contributed by atoms with Gasteiger partial charge >= 0.3 is 0 Å². The fourth-order valence-electron chi connectivity index (χ4n) is 3.67. The smallest absolute Gasteiger partial charge is 0.0653 e. The molecule has 2 aromatic carbocycles. The summed E-state index contributed by atoms with van der Waals surface area (Å²) < 4.78 is 0. The zero-order valence-corrected chi connectivity index (χ0v) is 14.8. The van der Waals surface area contributed by atoms with Gasteiger partial charge in [0.1, 0.15) is 0 Å². The molecule has 0 bridgehead atoms. The molecule has 4 rings (SSSR count). The number of fused-ring (bicyclic) bond motifs is 1. The SMILES string of the molecule is Cc1cc(N2CCCCC2)cc(C=Cc2cccc3ccccc23)n1. The van der Waals surface area contributed by atoms with E-state index in [9.17, 15) is 0 Å². The third kappa shape index (κ3) is 3.58. The van der Waals surface area contributed by atoms with Gasteiger partial charge in [-0.05, 0) is 60.7 Å². The van der Waals surface area contributed by atoms with E-state index in [1.807, 2.05) is 0 Å². The Morgan fingerprint density at radius 2 is 1.68 bits per heavy atom. The summed E-state index contributed by atoms with van der Waals surface area (Å²) in [5, 5.41) is 2.56. The van der Waals surface area contributed by atoms with E-state index in [4.69, 9.17) is 4.98 Å². The third-order valence-corrected chi connectivity index (χ3v) is 4.94. The first-order valence-corrected chi connectivity index (χ1v) is 9.19. The number of aromatic nitrogens is 1. The van der Waals surface area contributed by atoms with Gasteiger partial charge in [0.25, 0.3) is 0 Å². The number of hydrogen-bond donors (Lipinski definition) is 0. The van der Waals surface area contributed by atoms with E-state index in [0.29, 0.717) is 0 Å². The molecule has 0 aliphatic carbocycles. The van der Waals surface area contributed by atoms with Crippen LogP contribution in [0.1, 0.15) is 36.2 Å². The predicted octanol–water partition coefficient (Wildman–Crippen LogP) is 5.70. The van der Waals surface area contributed by atoms with Gasteiger partial charge in [0.2, 0.25) is 0 Å². The van der Waals surface area contributed by atoms with Gasteiger partial charge in [-0.2, -0.15) is 0 Å². The Hall–Kier alpha value is -2.61. The molecule has 2 heterocycles. The minimum Gasteiger partial charge on any atom is -0.371 e. The zero-order valence-electron chi connectivity index (χ0n) is 14.8. The van der Waals surface area contributed by atoms with Crippen molar-refractivity contribution in [1.29, 1.82) is 0 Å².